The number of aromatic nitrogens is 2. The summed E-state index contributed by atoms with van der Waals surface area (Å²) >= 11 is 12.0. The molecule has 3 aromatic rings. The number of hydrogen-bond donors (Lipinski definition) is 0. The molecule has 0 spiro atoms. The monoisotopic (exact) mass is 440 g/mol. The van der Waals surface area contributed by atoms with Crippen molar-refractivity contribution < 1.29 is 0 Å². The number of benzene rings is 2. The van der Waals surface area contributed by atoms with E-state index in [1.54, 1.807) is 0 Å². The molecule has 1 aliphatic carbocycles. The first-order valence-electron chi connectivity index (χ1n) is 10.7. The van der Waals surface area contributed by atoms with Crippen LogP contribution < -0.4 is 4.90 Å². The summed E-state index contributed by atoms with van der Waals surface area (Å²) in [5.41, 5.74) is 3.41. The maximum Gasteiger partial charge on any atom is 0.0923 e. The van der Waals surface area contributed by atoms with E-state index in [1.807, 2.05) is 36.4 Å². The lowest BCUT2D eigenvalue weighted by molar-refractivity contribution is 0.183. The van der Waals surface area contributed by atoms with Crippen molar-refractivity contribution in [2.45, 2.75) is 31.3 Å². The molecule has 4 nitrogen and oxygen atoms in total. The normalized spacial score (nSPS) is 22.5. The van der Waals surface area contributed by atoms with Gasteiger partial charge < -0.3 is 4.90 Å². The van der Waals surface area contributed by atoms with Gasteiger partial charge in [0, 0.05) is 59.7 Å². The van der Waals surface area contributed by atoms with Gasteiger partial charge in [0.1, 0.15) is 0 Å². The standard InChI is InChI=1S/C24H26Cl2N4/c25-19-3-1-18(2-4-19)24-11-12-30(27-24)23-10-9-22(17-23)29-15-13-28(14-16-29)21-7-5-20(26)6-8-21/h1-8,11-12,22-23H,9-10,13-17H2/t22-,23-/m0/s1. The number of hydrogen-bond acceptors (Lipinski definition) is 3. The van der Waals surface area contributed by atoms with Crippen LogP contribution in [0.25, 0.3) is 11.3 Å². The highest BCUT2D eigenvalue weighted by Gasteiger charge is 2.32. The Balaban J connectivity index is 1.18. The van der Waals surface area contributed by atoms with E-state index in [1.165, 1.54) is 24.9 Å². The highest BCUT2D eigenvalue weighted by Crippen LogP contribution is 2.34. The first-order chi connectivity index (χ1) is 14.7. The summed E-state index contributed by atoms with van der Waals surface area (Å²) in [7, 11) is 0. The zero-order valence-corrected chi connectivity index (χ0v) is 18.4. The molecule has 2 atom stereocenters. The second-order valence-electron chi connectivity index (χ2n) is 8.31. The van der Waals surface area contributed by atoms with Gasteiger partial charge in [-0.1, -0.05) is 35.3 Å². The van der Waals surface area contributed by atoms with Gasteiger partial charge in [0.25, 0.3) is 0 Å². The highest BCUT2D eigenvalue weighted by molar-refractivity contribution is 6.30. The quantitative estimate of drug-likeness (QED) is 0.514. The van der Waals surface area contributed by atoms with Crippen molar-refractivity contribution in [3.05, 3.63) is 70.8 Å². The summed E-state index contributed by atoms with van der Waals surface area (Å²) in [6, 6.07) is 19.4. The van der Waals surface area contributed by atoms with E-state index in [2.05, 4.69) is 38.9 Å². The lowest BCUT2D eigenvalue weighted by atomic mass is 10.1. The van der Waals surface area contributed by atoms with Crippen LogP contribution in [0.5, 0.6) is 0 Å². The maximum absolute atomic E-state index is 6.03. The number of piperazine rings is 1. The second kappa shape index (κ2) is 8.62. The van der Waals surface area contributed by atoms with Crippen LogP contribution in [0.2, 0.25) is 10.0 Å². The van der Waals surface area contributed by atoms with Crippen molar-refractivity contribution in [2.75, 3.05) is 31.1 Å². The minimum absolute atomic E-state index is 0.491. The van der Waals surface area contributed by atoms with Gasteiger partial charge in [-0.25, -0.2) is 0 Å². The van der Waals surface area contributed by atoms with E-state index in [0.29, 0.717) is 12.1 Å². The fourth-order valence-corrected chi connectivity index (χ4v) is 5.07. The summed E-state index contributed by atoms with van der Waals surface area (Å²) < 4.78 is 2.17. The van der Waals surface area contributed by atoms with Crippen molar-refractivity contribution in [1.82, 2.24) is 14.7 Å². The Morgan fingerprint density at radius 1 is 0.733 bits per heavy atom. The van der Waals surface area contributed by atoms with Crippen molar-refractivity contribution in [1.29, 1.82) is 0 Å². The van der Waals surface area contributed by atoms with E-state index < -0.39 is 0 Å². The van der Waals surface area contributed by atoms with Gasteiger partial charge >= 0.3 is 0 Å². The van der Waals surface area contributed by atoms with Crippen LogP contribution in [-0.2, 0) is 0 Å². The minimum Gasteiger partial charge on any atom is -0.369 e. The smallest absolute Gasteiger partial charge is 0.0923 e. The molecule has 156 valence electrons. The van der Waals surface area contributed by atoms with E-state index in [-0.39, 0.29) is 0 Å². The van der Waals surface area contributed by atoms with Crippen LogP contribution >= 0.6 is 23.2 Å². The fraction of sp³-hybridized carbons (Fsp3) is 0.375. The molecule has 0 amide bonds. The van der Waals surface area contributed by atoms with Gasteiger partial charge in [0.15, 0.2) is 0 Å². The lowest BCUT2D eigenvalue weighted by Crippen LogP contribution is -2.49. The predicted octanol–water partition coefficient (Wildman–Crippen LogP) is 5.77. The Bertz CT molecular complexity index is 975. The first kappa shape index (κ1) is 19.9. The van der Waals surface area contributed by atoms with Crippen LogP contribution in [0.15, 0.2) is 60.8 Å². The second-order valence-corrected chi connectivity index (χ2v) is 9.18. The Morgan fingerprint density at radius 2 is 1.37 bits per heavy atom. The number of nitrogens with zero attached hydrogens (tertiary/aromatic N) is 4. The molecule has 1 aromatic heterocycles. The SMILES string of the molecule is Clc1ccc(-c2ccn([C@H]3CC[C@H](N4CCN(c5ccc(Cl)cc5)CC4)C3)n2)cc1. The Morgan fingerprint density at radius 3 is 2.07 bits per heavy atom. The number of rotatable bonds is 4. The molecule has 0 bridgehead atoms. The van der Waals surface area contributed by atoms with Gasteiger partial charge in [0.05, 0.1) is 11.7 Å². The third kappa shape index (κ3) is 4.22. The molecule has 1 saturated carbocycles. The highest BCUT2D eigenvalue weighted by atomic mass is 35.5. The Labute approximate surface area is 188 Å². The van der Waals surface area contributed by atoms with Crippen LogP contribution in [0.3, 0.4) is 0 Å². The van der Waals surface area contributed by atoms with E-state index in [9.17, 15) is 0 Å². The van der Waals surface area contributed by atoms with Crippen molar-refractivity contribution >= 4 is 28.9 Å². The molecular formula is C24H26Cl2N4. The van der Waals surface area contributed by atoms with Gasteiger partial charge in [-0.3, -0.25) is 9.58 Å². The minimum atomic E-state index is 0.491. The molecule has 6 heteroatoms. The third-order valence-corrected chi connectivity index (χ3v) is 7.03. The molecule has 0 radical (unpaired) electrons. The summed E-state index contributed by atoms with van der Waals surface area (Å²) in [6.07, 6.45) is 5.77. The summed E-state index contributed by atoms with van der Waals surface area (Å²) in [4.78, 5) is 5.14. The molecule has 1 aliphatic heterocycles. The van der Waals surface area contributed by atoms with Crippen LogP contribution in [0, 0.1) is 0 Å². The molecule has 1 saturated heterocycles. The average molecular weight is 441 g/mol. The average Bonchev–Trinajstić information content (AvgIpc) is 3.45. The Hall–Kier alpha value is -2.01. The van der Waals surface area contributed by atoms with Crippen LogP contribution in [-0.4, -0.2) is 46.9 Å². The van der Waals surface area contributed by atoms with Crippen molar-refractivity contribution in [3.63, 3.8) is 0 Å². The van der Waals surface area contributed by atoms with Gasteiger partial charge in [-0.05, 0) is 61.7 Å². The van der Waals surface area contributed by atoms with Gasteiger partial charge in [-0.2, -0.15) is 5.10 Å². The van der Waals surface area contributed by atoms with Crippen LogP contribution in [0.4, 0.5) is 5.69 Å². The van der Waals surface area contributed by atoms with E-state index in [4.69, 9.17) is 28.3 Å². The zero-order chi connectivity index (χ0) is 20.5. The third-order valence-electron chi connectivity index (χ3n) is 6.52. The van der Waals surface area contributed by atoms with Crippen molar-refractivity contribution in [3.8, 4) is 11.3 Å². The first-order valence-corrected chi connectivity index (χ1v) is 11.5. The topological polar surface area (TPSA) is 24.3 Å². The van der Waals surface area contributed by atoms with E-state index >= 15 is 0 Å². The molecule has 2 aromatic carbocycles. The molecule has 2 aliphatic rings. The molecule has 2 fully saturated rings. The predicted molar refractivity (Wildman–Crippen MR) is 125 cm³/mol. The van der Waals surface area contributed by atoms with Crippen molar-refractivity contribution in [2.24, 2.45) is 0 Å². The van der Waals surface area contributed by atoms with Gasteiger partial charge in [0.2, 0.25) is 0 Å². The van der Waals surface area contributed by atoms with Gasteiger partial charge in [-0.15, -0.1) is 0 Å². The molecule has 2 heterocycles. The molecule has 0 N–H and O–H groups in total. The molecule has 30 heavy (non-hydrogen) atoms. The molecule has 5 rings (SSSR count). The Kier molecular flexibility index (Phi) is 5.72. The number of halogens is 2. The van der Waals surface area contributed by atoms with E-state index in [0.717, 1.165) is 47.5 Å². The van der Waals surface area contributed by atoms with Crippen LogP contribution in [0.1, 0.15) is 25.3 Å². The zero-order valence-electron chi connectivity index (χ0n) is 16.9. The summed E-state index contributed by atoms with van der Waals surface area (Å²) in [6.45, 7) is 4.39. The number of anilines is 1. The summed E-state index contributed by atoms with van der Waals surface area (Å²) in [5.74, 6) is 0. The summed E-state index contributed by atoms with van der Waals surface area (Å²) in [5, 5.41) is 6.42. The molecule has 0 unspecified atom stereocenters. The maximum atomic E-state index is 6.03. The molecular weight excluding hydrogens is 415 g/mol. The fourth-order valence-electron chi connectivity index (χ4n) is 4.82. The largest absolute Gasteiger partial charge is 0.369 e. The lowest BCUT2D eigenvalue weighted by Gasteiger charge is -2.39.